The van der Waals surface area contributed by atoms with Gasteiger partial charge in [-0.25, -0.2) is 4.39 Å². The molecule has 1 saturated heterocycles. The summed E-state index contributed by atoms with van der Waals surface area (Å²) in [5.41, 5.74) is 3.42. The van der Waals surface area contributed by atoms with E-state index in [-0.39, 0.29) is 24.0 Å². The first-order valence-electron chi connectivity index (χ1n) is 13.1. The second-order valence-electron chi connectivity index (χ2n) is 9.63. The summed E-state index contributed by atoms with van der Waals surface area (Å²) < 4.78 is 20.5. The number of likely N-dealkylation sites (N-methyl/N-ethyl adjacent to an activating group) is 1. The van der Waals surface area contributed by atoms with E-state index < -0.39 is 11.7 Å². The fraction of sp³-hybridized carbons (Fsp3) is 0.433. The maximum atomic E-state index is 13.7. The summed E-state index contributed by atoms with van der Waals surface area (Å²) in [6.07, 6.45) is 2.58. The highest BCUT2D eigenvalue weighted by molar-refractivity contribution is 6.43. The number of hydrogen-bond donors (Lipinski definition) is 0. The molecule has 0 unspecified atom stereocenters. The van der Waals surface area contributed by atoms with Crippen LogP contribution in [0.3, 0.4) is 0 Å². The number of aromatic nitrogens is 1. The molecular formula is C30H38FN3O4. The second-order valence-corrected chi connectivity index (χ2v) is 9.63. The molecular weight excluding hydrogens is 485 g/mol. The predicted molar refractivity (Wildman–Crippen MR) is 147 cm³/mol. The predicted octanol–water partition coefficient (Wildman–Crippen LogP) is 5.08. The van der Waals surface area contributed by atoms with Gasteiger partial charge in [-0.15, -0.1) is 0 Å². The first kappa shape index (κ1) is 29.0. The second kappa shape index (κ2) is 12.8. The summed E-state index contributed by atoms with van der Waals surface area (Å²) in [6.45, 7) is 7.39. The van der Waals surface area contributed by atoms with Gasteiger partial charge in [0, 0.05) is 50.9 Å². The Kier molecular flexibility index (Phi) is 9.80. The van der Waals surface area contributed by atoms with Crippen LogP contribution in [0.25, 0.3) is 10.9 Å². The number of benzene rings is 2. The van der Waals surface area contributed by atoms with E-state index in [4.69, 9.17) is 4.74 Å². The number of fused-ring (bicyclic) bond motifs is 1. The first-order valence-corrected chi connectivity index (χ1v) is 13.1. The molecule has 1 fully saturated rings. The zero-order valence-electron chi connectivity index (χ0n) is 23.2. The molecule has 7 nitrogen and oxygen atoms in total. The molecule has 0 saturated carbocycles. The average Bonchev–Trinajstić information content (AvgIpc) is 3.20. The molecule has 0 atom stereocenters. The van der Waals surface area contributed by atoms with Crippen LogP contribution in [0.15, 0.2) is 42.5 Å². The molecule has 2 heterocycles. The number of halogens is 1. The monoisotopic (exact) mass is 523 g/mol. The molecule has 0 aliphatic carbocycles. The van der Waals surface area contributed by atoms with Gasteiger partial charge in [0.25, 0.3) is 11.8 Å². The van der Waals surface area contributed by atoms with Crippen LogP contribution in [-0.2, 0) is 22.7 Å². The van der Waals surface area contributed by atoms with E-state index in [1.807, 2.05) is 42.4 Å². The van der Waals surface area contributed by atoms with E-state index in [1.165, 1.54) is 31.1 Å². The van der Waals surface area contributed by atoms with Crippen molar-refractivity contribution in [1.82, 2.24) is 14.4 Å². The zero-order chi connectivity index (χ0) is 28.0. The molecule has 1 aliphatic rings. The number of Topliss-reactive ketones (excluding diaryl/α,β-unsaturated/α-hetero) is 1. The molecule has 0 bridgehead atoms. The Labute approximate surface area is 224 Å². The summed E-state index contributed by atoms with van der Waals surface area (Å²) >= 11 is 0. The smallest absolute Gasteiger partial charge is 0.294 e. The quantitative estimate of drug-likeness (QED) is 0.320. The number of rotatable bonds is 7. The van der Waals surface area contributed by atoms with Crippen LogP contribution < -0.4 is 0 Å². The average molecular weight is 524 g/mol. The lowest BCUT2D eigenvalue weighted by molar-refractivity contribution is -0.124. The van der Waals surface area contributed by atoms with Gasteiger partial charge in [-0.3, -0.25) is 14.4 Å². The van der Waals surface area contributed by atoms with Gasteiger partial charge in [0.05, 0.1) is 11.1 Å². The Morgan fingerprint density at radius 2 is 1.66 bits per heavy atom. The van der Waals surface area contributed by atoms with Crippen LogP contribution in [0.1, 0.15) is 58.7 Å². The van der Waals surface area contributed by atoms with Crippen molar-refractivity contribution in [1.29, 1.82) is 0 Å². The minimum Gasteiger partial charge on any atom is -0.364 e. The molecule has 0 spiro atoms. The molecule has 3 aromatic rings. The summed E-state index contributed by atoms with van der Waals surface area (Å²) in [4.78, 5) is 41.8. The van der Waals surface area contributed by atoms with E-state index in [0.29, 0.717) is 30.0 Å². The molecule has 2 amide bonds. The van der Waals surface area contributed by atoms with Crippen molar-refractivity contribution in [2.75, 3.05) is 34.3 Å². The highest BCUT2D eigenvalue weighted by Crippen LogP contribution is 2.31. The molecule has 4 rings (SSSR count). The number of methoxy groups -OCH3 is 1. The van der Waals surface area contributed by atoms with Crippen molar-refractivity contribution >= 4 is 28.5 Å². The Morgan fingerprint density at radius 1 is 1.03 bits per heavy atom. The van der Waals surface area contributed by atoms with Crippen LogP contribution >= 0.6 is 0 Å². The maximum Gasteiger partial charge on any atom is 0.294 e. The first-order chi connectivity index (χ1) is 18.2. The Hall–Kier alpha value is -3.52. The minimum absolute atomic E-state index is 0.0869. The van der Waals surface area contributed by atoms with Crippen LogP contribution in [0.4, 0.5) is 4.39 Å². The topological polar surface area (TPSA) is 71.8 Å². The lowest BCUT2D eigenvalue weighted by Crippen LogP contribution is -2.39. The zero-order valence-corrected chi connectivity index (χ0v) is 23.2. The number of nitrogens with zero attached hydrogens (tertiary/aromatic N) is 3. The van der Waals surface area contributed by atoms with Crippen molar-refractivity contribution in [2.45, 2.75) is 46.8 Å². The van der Waals surface area contributed by atoms with Gasteiger partial charge in [0.2, 0.25) is 5.78 Å². The molecule has 2 aromatic carbocycles. The number of likely N-dealkylation sites (tertiary alicyclic amines) is 1. The van der Waals surface area contributed by atoms with Gasteiger partial charge >= 0.3 is 0 Å². The third-order valence-electron chi connectivity index (χ3n) is 7.00. The van der Waals surface area contributed by atoms with Crippen LogP contribution in [0.2, 0.25) is 0 Å². The number of ketones is 1. The highest BCUT2D eigenvalue weighted by Gasteiger charge is 2.29. The van der Waals surface area contributed by atoms with Gasteiger partial charge in [-0.1, -0.05) is 26.0 Å². The summed E-state index contributed by atoms with van der Waals surface area (Å²) in [5, 5.41) is 0.639. The van der Waals surface area contributed by atoms with Crippen LogP contribution in [0, 0.1) is 18.7 Å². The third kappa shape index (κ3) is 6.13. The molecule has 204 valence electrons. The lowest BCUT2D eigenvalue weighted by atomic mass is 9.90. The largest absolute Gasteiger partial charge is 0.364 e. The fourth-order valence-corrected chi connectivity index (χ4v) is 4.97. The number of piperidine rings is 1. The summed E-state index contributed by atoms with van der Waals surface area (Å²) in [6, 6.07) is 11.6. The molecule has 1 aromatic heterocycles. The Bertz CT molecular complexity index is 1290. The number of hydrogen-bond acceptors (Lipinski definition) is 4. The minimum atomic E-state index is -0.613. The number of carbonyl (C=O) groups is 3. The maximum absolute atomic E-state index is 13.7. The van der Waals surface area contributed by atoms with Gasteiger partial charge < -0.3 is 19.1 Å². The van der Waals surface area contributed by atoms with Crippen molar-refractivity contribution in [3.05, 3.63) is 70.7 Å². The van der Waals surface area contributed by atoms with E-state index in [9.17, 15) is 18.8 Å². The molecule has 8 heteroatoms. The van der Waals surface area contributed by atoms with E-state index >= 15 is 0 Å². The van der Waals surface area contributed by atoms with Gasteiger partial charge in [0.1, 0.15) is 12.5 Å². The van der Waals surface area contributed by atoms with Gasteiger partial charge in [-0.2, -0.15) is 0 Å². The van der Waals surface area contributed by atoms with E-state index in [0.717, 1.165) is 36.0 Å². The molecule has 0 radical (unpaired) electrons. The van der Waals surface area contributed by atoms with Crippen LogP contribution in [-0.4, -0.2) is 66.3 Å². The van der Waals surface area contributed by atoms with Gasteiger partial charge in [0.15, 0.2) is 0 Å². The summed E-state index contributed by atoms with van der Waals surface area (Å²) in [5.74, 6) is -1.12. The van der Waals surface area contributed by atoms with Crippen molar-refractivity contribution in [3.8, 4) is 0 Å². The van der Waals surface area contributed by atoms with Gasteiger partial charge in [-0.05, 0) is 68.0 Å². The number of carbonyl (C=O) groups excluding carboxylic acids is 3. The standard InChI is InChI=1S/C28H32FN3O4.C2H6/c1-18-25(27(34)31-13-11-20(12-14-31)15-19-5-8-22(29)9-6-19)23-16-21(26(33)28(35)30(2)3)7-10-24(23)32(18)17-36-4;1-2/h5-10,16,20H,11-15,17H2,1-4H3;1-2H3. The molecule has 38 heavy (non-hydrogen) atoms. The highest BCUT2D eigenvalue weighted by atomic mass is 19.1. The van der Waals surface area contributed by atoms with Crippen molar-refractivity contribution in [2.24, 2.45) is 5.92 Å². The lowest BCUT2D eigenvalue weighted by Gasteiger charge is -2.32. The number of ether oxygens (including phenoxy) is 1. The van der Waals surface area contributed by atoms with E-state index in [1.54, 1.807) is 25.3 Å². The van der Waals surface area contributed by atoms with Crippen molar-refractivity contribution < 1.29 is 23.5 Å². The summed E-state index contributed by atoms with van der Waals surface area (Å²) in [7, 11) is 4.66. The van der Waals surface area contributed by atoms with Crippen LogP contribution in [0.5, 0.6) is 0 Å². The van der Waals surface area contributed by atoms with Crippen molar-refractivity contribution in [3.63, 3.8) is 0 Å². The number of amides is 2. The Balaban J connectivity index is 0.00000195. The Morgan fingerprint density at radius 3 is 2.24 bits per heavy atom. The third-order valence-corrected chi connectivity index (χ3v) is 7.00. The normalized spacial score (nSPS) is 13.7. The fourth-order valence-electron chi connectivity index (χ4n) is 4.97. The molecule has 0 N–H and O–H groups in total. The SMILES string of the molecule is CC.COCn1c(C)c(C(=O)N2CCC(Cc3ccc(F)cc3)CC2)c2cc(C(=O)C(=O)N(C)C)ccc21. The molecule has 1 aliphatic heterocycles. The van der Waals surface area contributed by atoms with E-state index in [2.05, 4.69) is 0 Å².